The summed E-state index contributed by atoms with van der Waals surface area (Å²) in [5.41, 5.74) is 6.04. The minimum atomic E-state index is -0.554. The summed E-state index contributed by atoms with van der Waals surface area (Å²) in [6, 6.07) is 7.01. The van der Waals surface area contributed by atoms with E-state index in [9.17, 15) is 14.4 Å². The van der Waals surface area contributed by atoms with E-state index in [0.29, 0.717) is 24.0 Å². The second-order valence-corrected chi connectivity index (χ2v) is 6.23. The van der Waals surface area contributed by atoms with E-state index >= 15 is 0 Å². The van der Waals surface area contributed by atoms with Gasteiger partial charge in [0.15, 0.2) is 0 Å². The van der Waals surface area contributed by atoms with Crippen molar-refractivity contribution in [3.8, 4) is 0 Å². The lowest BCUT2D eigenvalue weighted by Gasteiger charge is -2.35. The summed E-state index contributed by atoms with van der Waals surface area (Å²) in [6.45, 7) is 0.943. The fourth-order valence-corrected chi connectivity index (χ4v) is 3.26. The minimum Gasteiger partial charge on any atom is -0.360 e. The van der Waals surface area contributed by atoms with Gasteiger partial charge in [0.25, 0.3) is 5.91 Å². The summed E-state index contributed by atoms with van der Waals surface area (Å²) in [7, 11) is 0. The van der Waals surface area contributed by atoms with Crippen LogP contribution in [0.3, 0.4) is 0 Å². The van der Waals surface area contributed by atoms with Gasteiger partial charge in [-0.15, -0.1) is 12.4 Å². The molecule has 3 rings (SSSR count). The highest BCUT2D eigenvalue weighted by molar-refractivity contribution is 5.98. The van der Waals surface area contributed by atoms with Gasteiger partial charge in [0.1, 0.15) is 5.56 Å². The monoisotopic (exact) mass is 378 g/mol. The minimum absolute atomic E-state index is 0. The number of aromatic nitrogens is 1. The second kappa shape index (κ2) is 8.82. The molecule has 0 radical (unpaired) electrons. The fourth-order valence-electron chi connectivity index (χ4n) is 3.26. The maximum atomic E-state index is 12.4. The molecule has 0 saturated carbocycles. The number of hydrogen-bond acceptors (Lipinski definition) is 4. The van der Waals surface area contributed by atoms with E-state index in [1.165, 1.54) is 6.20 Å². The number of amides is 2. The standard InChI is InChI=1S/C18H22N4O3.ClH/c19-9-12-5-3-4-8-22(12)16(23)11-21-18(25)14-10-20-15-7-2-1-6-13(15)17(14)24;/h1-2,6-7,10,12H,3-5,8-9,11,19H2,(H,20,24)(H,21,25);1H. The summed E-state index contributed by atoms with van der Waals surface area (Å²) in [4.78, 5) is 41.8. The highest BCUT2D eigenvalue weighted by atomic mass is 35.5. The molecule has 2 heterocycles. The van der Waals surface area contributed by atoms with Crippen molar-refractivity contribution in [2.75, 3.05) is 19.6 Å². The topological polar surface area (TPSA) is 108 Å². The molecule has 2 amide bonds. The summed E-state index contributed by atoms with van der Waals surface area (Å²) in [5, 5.41) is 3.00. The fraction of sp³-hybridized carbons (Fsp3) is 0.389. The van der Waals surface area contributed by atoms with Gasteiger partial charge in [-0.3, -0.25) is 14.4 Å². The zero-order valence-electron chi connectivity index (χ0n) is 14.4. The maximum absolute atomic E-state index is 12.4. The zero-order valence-corrected chi connectivity index (χ0v) is 15.2. The summed E-state index contributed by atoms with van der Waals surface area (Å²) < 4.78 is 0. The van der Waals surface area contributed by atoms with Crippen LogP contribution in [0.1, 0.15) is 29.6 Å². The largest absolute Gasteiger partial charge is 0.360 e. The van der Waals surface area contributed by atoms with Crippen molar-refractivity contribution in [1.82, 2.24) is 15.2 Å². The first kappa shape index (κ1) is 19.9. The van der Waals surface area contributed by atoms with Crippen LogP contribution >= 0.6 is 12.4 Å². The van der Waals surface area contributed by atoms with Gasteiger partial charge < -0.3 is 20.9 Å². The molecule has 1 aliphatic heterocycles. The van der Waals surface area contributed by atoms with Crippen molar-refractivity contribution >= 4 is 35.1 Å². The Balaban J connectivity index is 0.00000243. The van der Waals surface area contributed by atoms with Crippen molar-refractivity contribution in [1.29, 1.82) is 0 Å². The van der Waals surface area contributed by atoms with Crippen molar-refractivity contribution in [3.05, 3.63) is 46.2 Å². The number of likely N-dealkylation sites (tertiary alicyclic amines) is 1. The molecule has 8 heteroatoms. The molecule has 2 aromatic rings. The molecule has 0 spiro atoms. The van der Waals surface area contributed by atoms with Gasteiger partial charge in [-0.2, -0.15) is 0 Å². The van der Waals surface area contributed by atoms with Crippen LogP contribution in [0.4, 0.5) is 0 Å². The zero-order chi connectivity index (χ0) is 17.8. The molecular weight excluding hydrogens is 356 g/mol. The molecule has 1 fully saturated rings. The number of hydrogen-bond donors (Lipinski definition) is 3. The Morgan fingerprint density at radius 2 is 2.04 bits per heavy atom. The molecule has 1 saturated heterocycles. The van der Waals surface area contributed by atoms with Gasteiger partial charge in [-0.1, -0.05) is 12.1 Å². The van der Waals surface area contributed by atoms with Crippen molar-refractivity contribution in [3.63, 3.8) is 0 Å². The van der Waals surface area contributed by atoms with Gasteiger partial charge in [-0.05, 0) is 31.4 Å². The van der Waals surface area contributed by atoms with Crippen LogP contribution in [0.2, 0.25) is 0 Å². The Labute approximate surface area is 157 Å². The van der Waals surface area contributed by atoms with Crippen LogP contribution in [-0.2, 0) is 4.79 Å². The second-order valence-electron chi connectivity index (χ2n) is 6.23. The maximum Gasteiger partial charge on any atom is 0.257 e. The van der Waals surface area contributed by atoms with E-state index in [1.54, 1.807) is 23.1 Å². The lowest BCUT2D eigenvalue weighted by Crippen LogP contribution is -2.50. The van der Waals surface area contributed by atoms with Crippen LogP contribution in [-0.4, -0.2) is 47.4 Å². The normalized spacial score (nSPS) is 16.8. The van der Waals surface area contributed by atoms with E-state index in [1.807, 2.05) is 6.07 Å². The average Bonchev–Trinajstić information content (AvgIpc) is 2.66. The smallest absolute Gasteiger partial charge is 0.257 e. The van der Waals surface area contributed by atoms with Crippen molar-refractivity contribution < 1.29 is 9.59 Å². The number of para-hydroxylation sites is 1. The number of nitrogens with zero attached hydrogens (tertiary/aromatic N) is 1. The van der Waals surface area contributed by atoms with Crippen LogP contribution in [0, 0.1) is 0 Å². The number of benzene rings is 1. The molecule has 140 valence electrons. The van der Waals surface area contributed by atoms with Crippen LogP contribution in [0.25, 0.3) is 10.9 Å². The molecule has 0 bridgehead atoms. The van der Waals surface area contributed by atoms with E-state index in [2.05, 4.69) is 10.3 Å². The average molecular weight is 379 g/mol. The van der Waals surface area contributed by atoms with E-state index in [-0.39, 0.29) is 41.9 Å². The number of carbonyl (C=O) groups excluding carboxylic acids is 2. The molecule has 1 aliphatic rings. The lowest BCUT2D eigenvalue weighted by molar-refractivity contribution is -0.133. The number of H-pyrrole nitrogens is 1. The van der Waals surface area contributed by atoms with Crippen molar-refractivity contribution in [2.24, 2.45) is 5.73 Å². The third-order valence-corrected chi connectivity index (χ3v) is 4.65. The van der Waals surface area contributed by atoms with E-state index in [4.69, 9.17) is 5.73 Å². The number of halogens is 1. The third-order valence-electron chi connectivity index (χ3n) is 4.65. The molecule has 4 N–H and O–H groups in total. The molecule has 1 unspecified atom stereocenters. The number of piperidine rings is 1. The number of rotatable bonds is 4. The highest BCUT2D eigenvalue weighted by Crippen LogP contribution is 2.16. The Hall–Kier alpha value is -2.38. The number of pyridine rings is 1. The Morgan fingerprint density at radius 1 is 1.27 bits per heavy atom. The van der Waals surface area contributed by atoms with Gasteiger partial charge in [0, 0.05) is 36.2 Å². The SMILES string of the molecule is Cl.NCC1CCCCN1C(=O)CNC(=O)c1c[nH]c2ccccc2c1=O. The molecule has 1 aromatic heterocycles. The van der Waals surface area contributed by atoms with Crippen LogP contribution in [0.15, 0.2) is 35.3 Å². The molecular formula is C18H23ClN4O3. The first-order valence-electron chi connectivity index (χ1n) is 8.50. The molecule has 0 aliphatic carbocycles. The predicted molar refractivity (Wildman–Crippen MR) is 103 cm³/mol. The lowest BCUT2D eigenvalue weighted by atomic mass is 10.0. The molecule has 1 aromatic carbocycles. The summed E-state index contributed by atoms with van der Waals surface area (Å²) in [5.74, 6) is -0.720. The number of nitrogens with one attached hydrogen (secondary N) is 2. The number of carbonyl (C=O) groups is 2. The molecule has 1 atom stereocenters. The Morgan fingerprint density at radius 3 is 2.81 bits per heavy atom. The molecule has 26 heavy (non-hydrogen) atoms. The predicted octanol–water partition coefficient (Wildman–Crippen LogP) is 1.02. The third kappa shape index (κ3) is 4.05. The van der Waals surface area contributed by atoms with E-state index < -0.39 is 5.91 Å². The first-order chi connectivity index (χ1) is 12.1. The van der Waals surface area contributed by atoms with Gasteiger partial charge >= 0.3 is 0 Å². The number of fused-ring (bicyclic) bond motifs is 1. The number of aromatic amines is 1. The van der Waals surface area contributed by atoms with E-state index in [0.717, 1.165) is 19.3 Å². The molecule has 7 nitrogen and oxygen atoms in total. The quantitative estimate of drug-likeness (QED) is 0.738. The summed E-state index contributed by atoms with van der Waals surface area (Å²) in [6.07, 6.45) is 4.28. The summed E-state index contributed by atoms with van der Waals surface area (Å²) >= 11 is 0. The van der Waals surface area contributed by atoms with Crippen LogP contribution in [0.5, 0.6) is 0 Å². The van der Waals surface area contributed by atoms with Gasteiger partial charge in [0.05, 0.1) is 6.54 Å². The van der Waals surface area contributed by atoms with Gasteiger partial charge in [0.2, 0.25) is 11.3 Å². The van der Waals surface area contributed by atoms with Crippen molar-refractivity contribution in [2.45, 2.75) is 25.3 Å². The first-order valence-corrected chi connectivity index (χ1v) is 8.50. The number of nitrogens with two attached hydrogens (primary N) is 1. The Kier molecular flexibility index (Phi) is 6.76. The highest BCUT2D eigenvalue weighted by Gasteiger charge is 2.25. The van der Waals surface area contributed by atoms with Crippen LogP contribution < -0.4 is 16.5 Å². The Bertz CT molecular complexity index is 852. The van der Waals surface area contributed by atoms with Gasteiger partial charge in [-0.25, -0.2) is 0 Å².